The highest BCUT2D eigenvalue weighted by molar-refractivity contribution is 7.44. The van der Waals surface area contributed by atoms with E-state index in [4.69, 9.17) is 34.6 Å². The zero-order chi connectivity index (χ0) is 46.9. The van der Waals surface area contributed by atoms with Crippen molar-refractivity contribution in [3.8, 4) is 11.5 Å². The van der Waals surface area contributed by atoms with Crippen LogP contribution in [0.5, 0.6) is 11.5 Å². The maximum atomic E-state index is 13.6. The van der Waals surface area contributed by atoms with Gasteiger partial charge in [0.05, 0.1) is 33.0 Å². The zero-order valence-electron chi connectivity index (χ0n) is 40.9. The lowest BCUT2D eigenvalue weighted by Crippen LogP contribution is -2.48. The first-order chi connectivity index (χ1) is 31.6. The average Bonchev–Trinajstić information content (AvgIpc) is 3.64. The molecule has 1 saturated carbocycles. The van der Waals surface area contributed by atoms with E-state index in [0.29, 0.717) is 13.0 Å². The van der Waals surface area contributed by atoms with E-state index < -0.39 is 26.3 Å². The van der Waals surface area contributed by atoms with Crippen LogP contribution in [0.15, 0.2) is 78.9 Å². The van der Waals surface area contributed by atoms with Crippen LogP contribution in [0.2, 0.25) is 0 Å². The van der Waals surface area contributed by atoms with Crippen LogP contribution in [-0.4, -0.2) is 88.7 Å². The fourth-order valence-electron chi connectivity index (χ4n) is 9.10. The number of ether oxygens (including phenoxy) is 4. The van der Waals surface area contributed by atoms with Crippen molar-refractivity contribution in [2.24, 2.45) is 5.92 Å². The molecule has 4 rings (SSSR count). The van der Waals surface area contributed by atoms with Crippen LogP contribution in [0.4, 0.5) is 4.79 Å². The molecule has 0 aromatic heterocycles. The molecular formula is C53H81N4O7P. The quantitative estimate of drug-likeness (QED) is 0.0276. The van der Waals surface area contributed by atoms with E-state index in [-0.39, 0.29) is 49.8 Å². The highest BCUT2D eigenvalue weighted by Gasteiger charge is 2.49. The summed E-state index contributed by atoms with van der Waals surface area (Å²) in [6.45, 7) is 19.6. The number of carbonyl (C=O) groups excluding carboxylic acids is 1. The van der Waals surface area contributed by atoms with Crippen LogP contribution in [0.3, 0.4) is 0 Å². The van der Waals surface area contributed by atoms with Crippen LogP contribution in [0, 0.1) is 12.5 Å². The summed E-state index contributed by atoms with van der Waals surface area (Å²) in [4.78, 5) is 17.2. The average molecular weight is 917 g/mol. The first kappa shape index (κ1) is 53.9. The molecule has 2 amide bonds. The highest BCUT2D eigenvalue weighted by Crippen LogP contribution is 2.51. The molecule has 0 radical (unpaired) electrons. The number of urea groups is 1. The number of rotatable bonds is 32. The molecule has 65 heavy (non-hydrogen) atoms. The van der Waals surface area contributed by atoms with Crippen molar-refractivity contribution in [3.05, 3.63) is 107 Å². The van der Waals surface area contributed by atoms with Gasteiger partial charge in [-0.3, -0.25) is 0 Å². The second kappa shape index (κ2) is 29.8. The highest BCUT2D eigenvalue weighted by atomic mass is 31.2. The fourth-order valence-corrected chi connectivity index (χ4v) is 10.9. The Kier molecular flexibility index (Phi) is 24.7. The minimum Gasteiger partial charge on any atom is -0.497 e. The summed E-state index contributed by atoms with van der Waals surface area (Å²) < 4.78 is 40.8. The van der Waals surface area contributed by atoms with Crippen LogP contribution in [0.1, 0.15) is 141 Å². The van der Waals surface area contributed by atoms with Gasteiger partial charge in [0.15, 0.2) is 0 Å². The van der Waals surface area contributed by atoms with Crippen molar-refractivity contribution in [2.45, 2.75) is 160 Å². The molecule has 1 aliphatic carbocycles. The molecule has 12 heteroatoms. The molecular weight excluding hydrogens is 836 g/mol. The summed E-state index contributed by atoms with van der Waals surface area (Å²) in [6.07, 6.45) is 16.1. The Balaban J connectivity index is 1.56. The summed E-state index contributed by atoms with van der Waals surface area (Å²) in [5.41, 5.74) is 1.74. The molecule has 1 fully saturated rings. The van der Waals surface area contributed by atoms with Crippen LogP contribution in [-0.2, 0) is 24.1 Å². The van der Waals surface area contributed by atoms with Gasteiger partial charge >= 0.3 is 6.03 Å². The van der Waals surface area contributed by atoms with Gasteiger partial charge in [0.1, 0.15) is 29.8 Å². The third-order valence-corrected chi connectivity index (χ3v) is 14.6. The number of benzene rings is 3. The number of unbranched alkanes of at least 4 members (excludes halogenated alkanes) is 12. The molecule has 2 unspecified atom stereocenters. The lowest BCUT2D eigenvalue weighted by molar-refractivity contribution is -0.0526. The van der Waals surface area contributed by atoms with Gasteiger partial charge in [0, 0.05) is 31.7 Å². The van der Waals surface area contributed by atoms with Crippen LogP contribution in [0.25, 0.3) is 4.85 Å². The topological polar surface area (TPSA) is 104 Å². The molecule has 11 nitrogen and oxygen atoms in total. The van der Waals surface area contributed by atoms with E-state index in [2.05, 4.69) is 91.2 Å². The monoisotopic (exact) mass is 917 g/mol. The Bertz CT molecular complexity index is 1720. The van der Waals surface area contributed by atoms with Crippen molar-refractivity contribution in [3.63, 3.8) is 0 Å². The number of carbonyl (C=O) groups is 1. The van der Waals surface area contributed by atoms with E-state index in [1.165, 1.54) is 70.6 Å². The lowest BCUT2D eigenvalue weighted by Gasteiger charge is -2.40. The van der Waals surface area contributed by atoms with Gasteiger partial charge in [-0.25, -0.2) is 16.0 Å². The second-order valence-corrected chi connectivity index (χ2v) is 19.3. The van der Waals surface area contributed by atoms with Crippen LogP contribution < -0.4 is 20.1 Å². The number of hydrogen-bond acceptors (Lipinski definition) is 8. The minimum atomic E-state index is -1.63. The Hall–Kier alpha value is -3.75. The second-order valence-electron chi connectivity index (χ2n) is 17.9. The van der Waals surface area contributed by atoms with Crippen molar-refractivity contribution < 1.29 is 32.8 Å². The summed E-state index contributed by atoms with van der Waals surface area (Å²) in [7, 11) is 3.37. The standard InChI is InChI=1S/C53H81N4O7P/c1-10-11-12-13-14-15-16-17-18-19-20-21-25-36-55-52(58)56-49-39-43(50(51(49)61-9)64-65(63-38-37-54-6)57(41(2)3)42(4)5)40-62-53(44-26-23-22-24-27-44,45-28-32-47(59-7)33-29-45)46-30-34-48(60-8)35-31-46/h22-24,26-35,41-43,49-51H,10-21,25,36-40H2,1-5,7-9H3,(H2,55,56,58)/t43-,49-,50?,51-,65?/m1/s1. The summed E-state index contributed by atoms with van der Waals surface area (Å²) in [5, 5.41) is 6.41. The van der Waals surface area contributed by atoms with Gasteiger partial charge in [0.25, 0.3) is 8.53 Å². The van der Waals surface area contributed by atoms with Crippen molar-refractivity contribution in [1.82, 2.24) is 15.3 Å². The maximum Gasteiger partial charge on any atom is 0.315 e. The number of methoxy groups -OCH3 is 3. The Morgan fingerprint density at radius 1 is 0.738 bits per heavy atom. The normalized spacial score (nSPS) is 17.9. The van der Waals surface area contributed by atoms with Gasteiger partial charge in [-0.2, -0.15) is 0 Å². The van der Waals surface area contributed by atoms with Gasteiger partial charge < -0.3 is 43.5 Å². The van der Waals surface area contributed by atoms with Crippen LogP contribution >= 0.6 is 8.53 Å². The zero-order valence-corrected chi connectivity index (χ0v) is 41.8. The molecule has 1 aliphatic rings. The molecule has 0 saturated heterocycles. The maximum absolute atomic E-state index is 13.6. The Labute approximate surface area is 393 Å². The molecule has 0 bridgehead atoms. The SMILES string of the molecule is [C-]#[N+]CCOP(OC1[C@@H](COC(c2ccccc2)(c2ccc(OC)cc2)c2ccc(OC)cc2)C[C@@H](NC(=O)NCCCCCCCCCCCCCCC)[C@H]1OC)N(C(C)C)C(C)C. The first-order valence-electron chi connectivity index (χ1n) is 24.4. The van der Waals surface area contributed by atoms with Gasteiger partial charge in [-0.1, -0.05) is 139 Å². The molecule has 0 spiro atoms. The van der Waals surface area contributed by atoms with E-state index in [1.807, 2.05) is 42.5 Å². The first-order valence-corrected chi connectivity index (χ1v) is 25.5. The number of nitrogens with one attached hydrogen (secondary N) is 2. The smallest absolute Gasteiger partial charge is 0.315 e. The number of hydrogen-bond donors (Lipinski definition) is 2. The van der Waals surface area contributed by atoms with Gasteiger partial charge in [-0.05, 0) is 81.5 Å². The molecule has 2 N–H and O–H groups in total. The van der Waals surface area contributed by atoms with Gasteiger partial charge in [-0.15, -0.1) is 0 Å². The molecule has 3 aromatic rings. The molecule has 360 valence electrons. The summed E-state index contributed by atoms with van der Waals surface area (Å²) >= 11 is 0. The number of amides is 2. The number of nitrogens with zero attached hydrogens (tertiary/aromatic N) is 2. The van der Waals surface area contributed by atoms with E-state index in [9.17, 15) is 4.79 Å². The Morgan fingerprint density at radius 3 is 1.72 bits per heavy atom. The largest absolute Gasteiger partial charge is 0.497 e. The third-order valence-electron chi connectivity index (χ3n) is 12.4. The predicted molar refractivity (Wildman–Crippen MR) is 265 cm³/mol. The van der Waals surface area contributed by atoms with E-state index in [1.54, 1.807) is 21.3 Å². The Morgan fingerprint density at radius 2 is 1.25 bits per heavy atom. The van der Waals surface area contributed by atoms with Gasteiger partial charge in [0.2, 0.25) is 6.54 Å². The lowest BCUT2D eigenvalue weighted by atomic mass is 9.79. The fraction of sp³-hybridized carbons (Fsp3) is 0.623. The van der Waals surface area contributed by atoms with Crippen molar-refractivity contribution in [2.75, 3.05) is 47.6 Å². The van der Waals surface area contributed by atoms with E-state index >= 15 is 0 Å². The summed E-state index contributed by atoms with van der Waals surface area (Å²) in [5.74, 6) is 1.25. The third kappa shape index (κ3) is 16.5. The molecule has 0 aliphatic heterocycles. The molecule has 3 aromatic carbocycles. The van der Waals surface area contributed by atoms with Crippen molar-refractivity contribution >= 4 is 14.6 Å². The van der Waals surface area contributed by atoms with E-state index in [0.717, 1.165) is 41.0 Å². The molecule has 0 heterocycles. The molecule has 5 atom stereocenters. The van der Waals surface area contributed by atoms with Crippen molar-refractivity contribution in [1.29, 1.82) is 0 Å². The summed E-state index contributed by atoms with van der Waals surface area (Å²) in [6, 6.07) is 25.9. The minimum absolute atomic E-state index is 0.104. The predicted octanol–water partition coefficient (Wildman–Crippen LogP) is 12.5.